The first-order valence-electron chi connectivity index (χ1n) is 7.07. The molecule has 2 fully saturated rings. The van der Waals surface area contributed by atoms with E-state index < -0.39 is 10.2 Å². The van der Waals surface area contributed by atoms with E-state index in [1.165, 1.54) is 0 Å². The second-order valence-electron chi connectivity index (χ2n) is 5.58. The van der Waals surface area contributed by atoms with E-state index in [4.69, 9.17) is 10.5 Å². The Bertz CT molecular complexity index is 391. The summed E-state index contributed by atoms with van der Waals surface area (Å²) in [6.45, 7) is 5.67. The Morgan fingerprint density at radius 1 is 1.21 bits per heavy atom. The van der Waals surface area contributed by atoms with Crippen LogP contribution in [0.25, 0.3) is 0 Å². The van der Waals surface area contributed by atoms with Gasteiger partial charge in [0, 0.05) is 32.2 Å². The second kappa shape index (κ2) is 6.05. The monoisotopic (exact) mass is 291 g/mol. The van der Waals surface area contributed by atoms with Crippen LogP contribution in [0.4, 0.5) is 0 Å². The molecule has 2 rings (SSSR count). The molecule has 0 spiro atoms. The van der Waals surface area contributed by atoms with Gasteiger partial charge in [-0.2, -0.15) is 17.0 Å². The third-order valence-corrected chi connectivity index (χ3v) is 5.88. The first-order chi connectivity index (χ1) is 8.95. The van der Waals surface area contributed by atoms with Gasteiger partial charge in [0.05, 0.1) is 12.2 Å². The predicted octanol–water partition coefficient (Wildman–Crippen LogP) is 0.154. The summed E-state index contributed by atoms with van der Waals surface area (Å²) in [5.74, 6) is 0. The minimum absolute atomic E-state index is 0.0489. The molecular weight excluding hydrogens is 266 g/mol. The summed E-state index contributed by atoms with van der Waals surface area (Å²) in [6.07, 6.45) is 2.74. The molecule has 2 aliphatic rings. The maximum Gasteiger partial charge on any atom is 0.282 e. The minimum Gasteiger partial charge on any atom is -0.373 e. The van der Waals surface area contributed by atoms with Gasteiger partial charge in [0.15, 0.2) is 0 Å². The topological polar surface area (TPSA) is 75.9 Å². The molecule has 2 saturated heterocycles. The van der Waals surface area contributed by atoms with Crippen LogP contribution in [0.2, 0.25) is 0 Å². The Morgan fingerprint density at radius 3 is 2.42 bits per heavy atom. The van der Waals surface area contributed by atoms with Crippen LogP contribution in [-0.2, 0) is 14.9 Å². The zero-order chi connectivity index (χ0) is 14.0. The van der Waals surface area contributed by atoms with Gasteiger partial charge in [-0.1, -0.05) is 6.42 Å². The van der Waals surface area contributed by atoms with Gasteiger partial charge >= 0.3 is 0 Å². The van der Waals surface area contributed by atoms with Gasteiger partial charge in [0.25, 0.3) is 10.2 Å². The second-order valence-corrected chi connectivity index (χ2v) is 7.46. The van der Waals surface area contributed by atoms with E-state index in [9.17, 15) is 8.42 Å². The molecule has 0 aromatic heterocycles. The van der Waals surface area contributed by atoms with Gasteiger partial charge in [0.1, 0.15) is 0 Å². The molecule has 19 heavy (non-hydrogen) atoms. The lowest BCUT2D eigenvalue weighted by atomic mass is 10.1. The molecule has 0 aromatic carbocycles. The summed E-state index contributed by atoms with van der Waals surface area (Å²) in [7, 11) is -3.41. The largest absolute Gasteiger partial charge is 0.373 e. The quantitative estimate of drug-likeness (QED) is 0.803. The van der Waals surface area contributed by atoms with Crippen molar-refractivity contribution in [3.63, 3.8) is 0 Å². The van der Waals surface area contributed by atoms with Crippen LogP contribution in [0.5, 0.6) is 0 Å². The number of hydrogen-bond donors (Lipinski definition) is 1. The molecule has 0 aromatic rings. The molecule has 2 N–H and O–H groups in total. The molecule has 2 heterocycles. The van der Waals surface area contributed by atoms with Gasteiger partial charge < -0.3 is 10.5 Å². The van der Waals surface area contributed by atoms with Crippen LogP contribution in [0.15, 0.2) is 0 Å². The Labute approximate surface area is 116 Å². The van der Waals surface area contributed by atoms with E-state index in [1.807, 2.05) is 13.8 Å². The van der Waals surface area contributed by atoms with E-state index in [2.05, 4.69) is 0 Å². The van der Waals surface area contributed by atoms with Crippen molar-refractivity contribution in [3.8, 4) is 0 Å². The fourth-order valence-corrected chi connectivity index (χ4v) is 5.00. The molecule has 6 nitrogen and oxygen atoms in total. The van der Waals surface area contributed by atoms with Crippen molar-refractivity contribution in [3.05, 3.63) is 0 Å². The number of ether oxygens (including phenoxy) is 1. The summed E-state index contributed by atoms with van der Waals surface area (Å²) in [6, 6.07) is -0.0489. The van der Waals surface area contributed by atoms with Gasteiger partial charge in [0.2, 0.25) is 0 Å². The molecule has 3 atom stereocenters. The van der Waals surface area contributed by atoms with E-state index in [0.29, 0.717) is 26.2 Å². The smallest absolute Gasteiger partial charge is 0.282 e. The highest BCUT2D eigenvalue weighted by Gasteiger charge is 2.39. The van der Waals surface area contributed by atoms with Crippen LogP contribution in [0.1, 0.15) is 33.1 Å². The van der Waals surface area contributed by atoms with E-state index >= 15 is 0 Å². The van der Waals surface area contributed by atoms with Gasteiger partial charge in [-0.25, -0.2) is 0 Å². The first-order valence-corrected chi connectivity index (χ1v) is 8.47. The highest BCUT2D eigenvalue weighted by atomic mass is 32.2. The highest BCUT2D eigenvalue weighted by molar-refractivity contribution is 7.86. The molecule has 0 bridgehead atoms. The average molecular weight is 291 g/mol. The highest BCUT2D eigenvalue weighted by Crippen LogP contribution is 2.24. The number of rotatable bonds is 3. The molecule has 0 saturated carbocycles. The Kier molecular flexibility index (Phi) is 4.84. The van der Waals surface area contributed by atoms with Crippen LogP contribution < -0.4 is 5.73 Å². The Balaban J connectivity index is 2.16. The lowest BCUT2D eigenvalue weighted by Gasteiger charge is -2.41. The van der Waals surface area contributed by atoms with E-state index in [1.54, 1.807) is 8.61 Å². The predicted molar refractivity (Wildman–Crippen MR) is 73.9 cm³/mol. The van der Waals surface area contributed by atoms with Crippen molar-refractivity contribution >= 4 is 10.2 Å². The maximum atomic E-state index is 12.7. The zero-order valence-corrected chi connectivity index (χ0v) is 12.6. The molecule has 7 heteroatoms. The van der Waals surface area contributed by atoms with Crippen LogP contribution in [0, 0.1) is 0 Å². The number of morpholine rings is 1. The molecule has 2 aliphatic heterocycles. The number of nitrogens with zero attached hydrogens (tertiary/aromatic N) is 2. The van der Waals surface area contributed by atoms with Crippen LogP contribution >= 0.6 is 0 Å². The number of hydrogen-bond acceptors (Lipinski definition) is 4. The molecule has 0 aliphatic carbocycles. The Morgan fingerprint density at radius 2 is 1.84 bits per heavy atom. The van der Waals surface area contributed by atoms with Crippen molar-refractivity contribution in [1.29, 1.82) is 0 Å². The normalized spacial score (nSPS) is 35.4. The zero-order valence-electron chi connectivity index (χ0n) is 11.8. The number of piperidine rings is 1. The van der Waals surface area contributed by atoms with Gasteiger partial charge in [-0.15, -0.1) is 0 Å². The molecule has 112 valence electrons. The fourth-order valence-electron chi connectivity index (χ4n) is 2.98. The van der Waals surface area contributed by atoms with Crippen molar-refractivity contribution < 1.29 is 13.2 Å². The minimum atomic E-state index is -3.41. The van der Waals surface area contributed by atoms with Crippen molar-refractivity contribution in [2.75, 3.05) is 26.2 Å². The Hall–Kier alpha value is -0.210. The molecule has 0 amide bonds. The SMILES string of the molecule is C[C@@H]1CN(S(=O)(=O)N2CCCC[C@H]2CN)C[C@@H](C)O1. The summed E-state index contributed by atoms with van der Waals surface area (Å²) < 4.78 is 34.2. The summed E-state index contributed by atoms with van der Waals surface area (Å²) in [4.78, 5) is 0. The van der Waals surface area contributed by atoms with Crippen molar-refractivity contribution in [1.82, 2.24) is 8.61 Å². The fraction of sp³-hybridized carbons (Fsp3) is 1.00. The molecular formula is C12H25N3O3S. The average Bonchev–Trinajstić information content (AvgIpc) is 2.37. The lowest BCUT2D eigenvalue weighted by molar-refractivity contribution is -0.0459. The summed E-state index contributed by atoms with van der Waals surface area (Å²) >= 11 is 0. The first kappa shape index (κ1) is 15.2. The van der Waals surface area contributed by atoms with Crippen molar-refractivity contribution in [2.45, 2.75) is 51.4 Å². The summed E-state index contributed by atoms with van der Waals surface area (Å²) in [5, 5.41) is 0. The van der Waals surface area contributed by atoms with Gasteiger partial charge in [-0.05, 0) is 26.7 Å². The number of nitrogens with two attached hydrogens (primary N) is 1. The standard InChI is InChI=1S/C12H25N3O3S/c1-10-8-14(9-11(2)18-10)19(16,17)15-6-4-3-5-12(15)7-13/h10-12H,3-9,13H2,1-2H3/t10-,11-,12+/m1/s1. The summed E-state index contributed by atoms with van der Waals surface area (Å²) in [5.41, 5.74) is 5.73. The molecule has 0 radical (unpaired) electrons. The third kappa shape index (κ3) is 3.28. The molecule has 0 unspecified atom stereocenters. The van der Waals surface area contributed by atoms with Crippen molar-refractivity contribution in [2.24, 2.45) is 5.73 Å². The van der Waals surface area contributed by atoms with E-state index in [-0.39, 0.29) is 18.2 Å². The third-order valence-electron chi connectivity index (χ3n) is 3.85. The van der Waals surface area contributed by atoms with E-state index in [0.717, 1.165) is 19.3 Å². The van der Waals surface area contributed by atoms with Crippen LogP contribution in [-0.4, -0.2) is 61.5 Å². The van der Waals surface area contributed by atoms with Gasteiger partial charge in [-0.3, -0.25) is 0 Å². The van der Waals surface area contributed by atoms with Crippen LogP contribution in [0.3, 0.4) is 0 Å². The lowest BCUT2D eigenvalue weighted by Crippen LogP contribution is -2.57. The maximum absolute atomic E-state index is 12.7.